The summed E-state index contributed by atoms with van der Waals surface area (Å²) >= 11 is 0. The summed E-state index contributed by atoms with van der Waals surface area (Å²) in [6.07, 6.45) is 1.43. The van der Waals surface area contributed by atoms with Gasteiger partial charge in [-0.05, 0) is 38.0 Å². The third-order valence-electron chi connectivity index (χ3n) is 3.57. The maximum absolute atomic E-state index is 12.0. The normalized spacial score (nSPS) is 14.8. The summed E-state index contributed by atoms with van der Waals surface area (Å²) in [7, 11) is 0. The molecule has 5 heteroatoms. The molecule has 0 unspecified atom stereocenters. The zero-order valence-electron chi connectivity index (χ0n) is 11.6. The number of carbonyl (C=O) groups is 3. The van der Waals surface area contributed by atoms with Crippen molar-refractivity contribution >= 4 is 23.3 Å². The number of ketones is 1. The summed E-state index contributed by atoms with van der Waals surface area (Å²) in [4.78, 5) is 36.0. The van der Waals surface area contributed by atoms with Crippen LogP contribution in [-0.2, 0) is 9.59 Å². The number of carboxylic acids is 1. The minimum absolute atomic E-state index is 0.0833. The fourth-order valence-corrected chi connectivity index (χ4v) is 2.16. The smallest absolute Gasteiger partial charge is 0.331 e. The summed E-state index contributed by atoms with van der Waals surface area (Å²) in [5.41, 5.74) is 2.97. The molecular weight excluding hydrogens is 258 g/mol. The number of anilines is 1. The Labute approximate surface area is 116 Å². The van der Waals surface area contributed by atoms with E-state index < -0.39 is 17.7 Å². The van der Waals surface area contributed by atoms with E-state index in [1.807, 2.05) is 13.8 Å². The Morgan fingerprint density at radius 3 is 2.55 bits per heavy atom. The van der Waals surface area contributed by atoms with E-state index in [-0.39, 0.29) is 12.1 Å². The Morgan fingerprint density at radius 1 is 1.30 bits per heavy atom. The monoisotopic (exact) mass is 273 g/mol. The molecule has 1 aromatic carbocycles. The number of aliphatic carboxylic acids is 1. The van der Waals surface area contributed by atoms with Crippen molar-refractivity contribution in [2.24, 2.45) is 0 Å². The third kappa shape index (κ3) is 2.11. The van der Waals surface area contributed by atoms with Gasteiger partial charge in [0.2, 0.25) is 0 Å². The standard InChI is InChI=1S/C15H15NO4/c1-8-4-5-11-12(10(8)3)16(14(18)13(11)17)7-6-9(2)15(19)20/h4-6H,7H2,1-3H3,(H,19,20). The molecule has 1 aliphatic rings. The SMILES string of the molecule is CC(=CCN1C(=O)C(=O)c2ccc(C)c(C)c21)C(=O)O. The Kier molecular flexibility index (Phi) is 3.44. The molecule has 0 atom stereocenters. The first-order chi connectivity index (χ1) is 9.34. The number of carboxylic acid groups (broad SMARTS) is 1. The lowest BCUT2D eigenvalue weighted by molar-refractivity contribution is -0.132. The lowest BCUT2D eigenvalue weighted by atomic mass is 10.0. The lowest BCUT2D eigenvalue weighted by Crippen LogP contribution is -2.30. The second-order valence-electron chi connectivity index (χ2n) is 4.84. The molecule has 0 radical (unpaired) electrons. The fraction of sp³-hybridized carbons (Fsp3) is 0.267. The average Bonchev–Trinajstić information content (AvgIpc) is 2.64. The first-order valence-electron chi connectivity index (χ1n) is 6.21. The second kappa shape index (κ2) is 4.92. The highest BCUT2D eigenvalue weighted by molar-refractivity contribution is 6.52. The van der Waals surface area contributed by atoms with Gasteiger partial charge in [0.05, 0.1) is 11.3 Å². The van der Waals surface area contributed by atoms with Crippen LogP contribution in [0.5, 0.6) is 0 Å². The van der Waals surface area contributed by atoms with Crippen LogP contribution in [0.1, 0.15) is 28.4 Å². The predicted molar refractivity (Wildman–Crippen MR) is 74.0 cm³/mol. The van der Waals surface area contributed by atoms with Crippen LogP contribution in [0, 0.1) is 13.8 Å². The van der Waals surface area contributed by atoms with Gasteiger partial charge in [0.1, 0.15) is 0 Å². The molecule has 2 rings (SSSR count). The molecule has 0 bridgehead atoms. The molecule has 1 N–H and O–H groups in total. The average molecular weight is 273 g/mol. The molecule has 1 amide bonds. The van der Waals surface area contributed by atoms with Crippen LogP contribution in [0.4, 0.5) is 5.69 Å². The van der Waals surface area contributed by atoms with Crippen molar-refractivity contribution < 1.29 is 19.5 Å². The number of benzene rings is 1. The molecule has 104 valence electrons. The molecule has 0 fully saturated rings. The van der Waals surface area contributed by atoms with Gasteiger partial charge in [-0.2, -0.15) is 0 Å². The lowest BCUT2D eigenvalue weighted by Gasteiger charge is -2.17. The minimum Gasteiger partial charge on any atom is -0.478 e. The van der Waals surface area contributed by atoms with Crippen LogP contribution >= 0.6 is 0 Å². The van der Waals surface area contributed by atoms with Gasteiger partial charge in [0, 0.05) is 12.1 Å². The number of rotatable bonds is 3. The summed E-state index contributed by atoms with van der Waals surface area (Å²) in [5.74, 6) is -2.18. The van der Waals surface area contributed by atoms with E-state index in [4.69, 9.17) is 5.11 Å². The van der Waals surface area contributed by atoms with Gasteiger partial charge in [-0.1, -0.05) is 12.1 Å². The van der Waals surface area contributed by atoms with Crippen molar-refractivity contribution in [3.63, 3.8) is 0 Å². The van der Waals surface area contributed by atoms with Crippen molar-refractivity contribution in [2.45, 2.75) is 20.8 Å². The van der Waals surface area contributed by atoms with Gasteiger partial charge in [-0.15, -0.1) is 0 Å². The van der Waals surface area contributed by atoms with Crippen LogP contribution < -0.4 is 4.90 Å². The Balaban J connectivity index is 2.45. The number of aryl methyl sites for hydroxylation is 1. The number of hydrogen-bond donors (Lipinski definition) is 1. The van der Waals surface area contributed by atoms with Gasteiger partial charge in [0.15, 0.2) is 0 Å². The van der Waals surface area contributed by atoms with Crippen molar-refractivity contribution in [3.05, 3.63) is 40.5 Å². The van der Waals surface area contributed by atoms with Crippen molar-refractivity contribution in [2.75, 3.05) is 11.4 Å². The maximum atomic E-state index is 12.0. The Bertz CT molecular complexity index is 658. The summed E-state index contributed by atoms with van der Waals surface area (Å²) in [6.45, 7) is 5.29. The van der Waals surface area contributed by atoms with Gasteiger partial charge < -0.3 is 10.0 Å². The van der Waals surface area contributed by atoms with E-state index in [0.29, 0.717) is 11.3 Å². The highest BCUT2D eigenvalue weighted by Crippen LogP contribution is 2.33. The molecule has 0 aromatic heterocycles. The topological polar surface area (TPSA) is 74.7 Å². The van der Waals surface area contributed by atoms with E-state index >= 15 is 0 Å². The minimum atomic E-state index is -1.04. The predicted octanol–water partition coefficient (Wildman–Crippen LogP) is 1.86. The van der Waals surface area contributed by atoms with Crippen molar-refractivity contribution in [1.29, 1.82) is 0 Å². The number of fused-ring (bicyclic) bond motifs is 1. The van der Waals surface area contributed by atoms with Crippen molar-refractivity contribution in [3.8, 4) is 0 Å². The molecule has 0 spiro atoms. The third-order valence-corrected chi connectivity index (χ3v) is 3.57. The number of nitrogens with zero attached hydrogens (tertiary/aromatic N) is 1. The largest absolute Gasteiger partial charge is 0.478 e. The van der Waals surface area contributed by atoms with E-state index in [2.05, 4.69) is 0 Å². The number of Topliss-reactive ketones (excluding diaryl/α,β-unsaturated/α-hetero) is 1. The molecule has 20 heavy (non-hydrogen) atoms. The van der Waals surface area contributed by atoms with E-state index in [0.717, 1.165) is 11.1 Å². The highest BCUT2D eigenvalue weighted by atomic mass is 16.4. The molecule has 0 aliphatic carbocycles. The Morgan fingerprint density at radius 2 is 1.95 bits per heavy atom. The Hall–Kier alpha value is -2.43. The quantitative estimate of drug-likeness (QED) is 0.674. The van der Waals surface area contributed by atoms with Crippen LogP contribution in [0.2, 0.25) is 0 Å². The zero-order chi connectivity index (χ0) is 15.0. The van der Waals surface area contributed by atoms with E-state index in [9.17, 15) is 14.4 Å². The molecular formula is C15H15NO4. The molecule has 1 aliphatic heterocycles. The molecule has 0 saturated heterocycles. The first kappa shape index (κ1) is 14.0. The fourth-order valence-electron chi connectivity index (χ4n) is 2.16. The van der Waals surface area contributed by atoms with Gasteiger partial charge in [-0.3, -0.25) is 9.59 Å². The van der Waals surface area contributed by atoms with E-state index in [1.54, 1.807) is 12.1 Å². The first-order valence-corrected chi connectivity index (χ1v) is 6.21. The summed E-state index contributed by atoms with van der Waals surface area (Å²) in [6, 6.07) is 3.45. The number of amides is 1. The van der Waals surface area contributed by atoms with Crippen LogP contribution in [0.15, 0.2) is 23.8 Å². The van der Waals surface area contributed by atoms with Gasteiger partial charge in [0.25, 0.3) is 11.7 Å². The summed E-state index contributed by atoms with van der Waals surface area (Å²) in [5, 5.41) is 8.83. The number of carbonyl (C=O) groups excluding carboxylic acids is 2. The van der Waals surface area contributed by atoms with Crippen molar-refractivity contribution in [1.82, 2.24) is 0 Å². The van der Waals surface area contributed by atoms with Gasteiger partial charge >= 0.3 is 5.97 Å². The maximum Gasteiger partial charge on any atom is 0.331 e. The van der Waals surface area contributed by atoms with Gasteiger partial charge in [-0.25, -0.2) is 4.79 Å². The number of hydrogen-bond acceptors (Lipinski definition) is 3. The van der Waals surface area contributed by atoms with Crippen LogP contribution in [0.25, 0.3) is 0 Å². The van der Waals surface area contributed by atoms with Crippen LogP contribution in [-0.4, -0.2) is 29.3 Å². The van der Waals surface area contributed by atoms with Crippen LogP contribution in [0.3, 0.4) is 0 Å². The molecule has 1 heterocycles. The summed E-state index contributed by atoms with van der Waals surface area (Å²) < 4.78 is 0. The van der Waals surface area contributed by atoms with E-state index in [1.165, 1.54) is 17.9 Å². The molecule has 1 aromatic rings. The molecule has 5 nitrogen and oxygen atoms in total. The highest BCUT2D eigenvalue weighted by Gasteiger charge is 2.36. The zero-order valence-corrected chi connectivity index (χ0v) is 11.6. The molecule has 0 saturated carbocycles. The second-order valence-corrected chi connectivity index (χ2v) is 4.84.